The lowest BCUT2D eigenvalue weighted by molar-refractivity contribution is -0.141. The number of esters is 4. The Hall–Kier alpha value is -1.41. The van der Waals surface area contributed by atoms with Crippen LogP contribution in [-0.4, -0.2) is 86.6 Å². The molecule has 0 aromatic heterocycles. The van der Waals surface area contributed by atoms with Gasteiger partial charge in [0.15, 0.2) is 0 Å². The summed E-state index contributed by atoms with van der Waals surface area (Å²) in [5.41, 5.74) is 0. The van der Waals surface area contributed by atoms with Crippen molar-refractivity contribution in [3.63, 3.8) is 0 Å². The summed E-state index contributed by atoms with van der Waals surface area (Å²) < 4.78 is 48.8. The molecule has 1 fully saturated rings. The molecule has 1 aliphatic heterocycles. The Morgan fingerprint density at radius 2 is 0.464 bits per heavy atom. The van der Waals surface area contributed by atoms with E-state index in [2.05, 4.69) is 26.2 Å². The van der Waals surface area contributed by atoms with Crippen LogP contribution in [0.1, 0.15) is 154 Å². The number of unbranched alkanes of at least 4 members (excludes halogenated alkanes) is 16. The third-order valence-electron chi connectivity index (χ3n) is 10.7. The van der Waals surface area contributed by atoms with Gasteiger partial charge in [0.2, 0.25) is 0 Å². The van der Waals surface area contributed by atoms with Crippen molar-refractivity contribution in [1.29, 1.82) is 0 Å². The second-order valence-corrected chi connectivity index (χ2v) is 30.7. The van der Waals surface area contributed by atoms with Crippen LogP contribution in [0.15, 0.2) is 0 Å². The standard InChI is InChI=1S/C40H80O12Si4/c1-45-37(41)29-21-13-9-17-25-33-53(5)49-54(6,34-26-18-10-14-22-30-38(42)46-2)51-56(8,36-28-20-12-16-24-32-40(44)48-4)52-55(7,50-53)35-27-19-11-15-23-31-39(43)47-3/h9-36H2,1-8H3. The molecular formula is C40H80O12Si4. The molecule has 0 radical (unpaired) electrons. The lowest BCUT2D eigenvalue weighted by atomic mass is 10.1. The number of carbonyl (C=O) groups is 4. The third-order valence-corrected chi connectivity index (χ3v) is 29.5. The Morgan fingerprint density at radius 1 is 0.304 bits per heavy atom. The van der Waals surface area contributed by atoms with Gasteiger partial charge in [0.05, 0.1) is 28.4 Å². The van der Waals surface area contributed by atoms with E-state index in [4.69, 9.17) is 35.4 Å². The molecule has 1 heterocycles. The van der Waals surface area contributed by atoms with Gasteiger partial charge >= 0.3 is 58.1 Å². The van der Waals surface area contributed by atoms with Crippen LogP contribution >= 0.6 is 0 Å². The highest BCUT2D eigenvalue weighted by Crippen LogP contribution is 2.40. The fourth-order valence-electron chi connectivity index (χ4n) is 7.71. The molecule has 0 bridgehead atoms. The highest BCUT2D eigenvalue weighted by molar-refractivity contribution is 6.93. The summed E-state index contributed by atoms with van der Waals surface area (Å²) in [5.74, 6) is -0.599. The fourth-order valence-corrected chi connectivity index (χ4v) is 31.3. The number of rotatable bonds is 32. The number of hydrogen-bond donors (Lipinski definition) is 0. The molecule has 56 heavy (non-hydrogen) atoms. The molecule has 0 unspecified atom stereocenters. The average molecular weight is 865 g/mol. The molecule has 0 aromatic carbocycles. The predicted molar refractivity (Wildman–Crippen MR) is 229 cm³/mol. The normalized spacial score (nSPS) is 23.9. The molecule has 0 N–H and O–H groups in total. The number of hydrogen-bond acceptors (Lipinski definition) is 12. The van der Waals surface area contributed by atoms with E-state index < -0.39 is 34.2 Å². The van der Waals surface area contributed by atoms with Gasteiger partial charge in [-0.3, -0.25) is 19.2 Å². The van der Waals surface area contributed by atoms with Gasteiger partial charge in [-0.25, -0.2) is 0 Å². The van der Waals surface area contributed by atoms with E-state index in [0.717, 1.165) is 153 Å². The van der Waals surface area contributed by atoms with E-state index in [9.17, 15) is 19.2 Å². The molecule has 16 heteroatoms. The smallest absolute Gasteiger partial charge is 0.317 e. The van der Waals surface area contributed by atoms with Gasteiger partial charge in [-0.05, 0) is 76.0 Å². The van der Waals surface area contributed by atoms with Crippen LogP contribution < -0.4 is 0 Å². The van der Waals surface area contributed by atoms with Crippen molar-refractivity contribution in [1.82, 2.24) is 0 Å². The Bertz CT molecular complexity index is 935. The van der Waals surface area contributed by atoms with Gasteiger partial charge in [-0.1, -0.05) is 103 Å². The Labute approximate surface area is 344 Å². The summed E-state index contributed by atoms with van der Waals surface area (Å²) in [4.78, 5) is 46.2. The van der Waals surface area contributed by atoms with E-state index in [1.54, 1.807) is 0 Å². The molecule has 0 aliphatic carbocycles. The first kappa shape index (κ1) is 52.6. The molecule has 12 nitrogen and oxygen atoms in total. The van der Waals surface area contributed by atoms with Crippen LogP contribution in [0.4, 0.5) is 0 Å². The lowest BCUT2D eigenvalue weighted by Gasteiger charge is -2.50. The van der Waals surface area contributed by atoms with Crippen molar-refractivity contribution in [2.24, 2.45) is 0 Å². The Kier molecular flexibility index (Phi) is 27.9. The van der Waals surface area contributed by atoms with Crippen LogP contribution in [0.3, 0.4) is 0 Å². The molecule has 328 valence electrons. The first-order chi connectivity index (χ1) is 26.6. The third kappa shape index (κ3) is 25.2. The maximum absolute atomic E-state index is 11.6. The number of carbonyl (C=O) groups excluding carboxylic acids is 4. The number of ether oxygens (including phenoxy) is 4. The van der Waals surface area contributed by atoms with Crippen LogP contribution in [0, 0.1) is 0 Å². The second kappa shape index (κ2) is 29.7. The summed E-state index contributed by atoms with van der Waals surface area (Å²) in [6.07, 6.45) is 21.6. The second-order valence-electron chi connectivity index (χ2n) is 16.3. The maximum atomic E-state index is 11.6. The molecular weight excluding hydrogens is 785 g/mol. The van der Waals surface area contributed by atoms with Gasteiger partial charge in [-0.15, -0.1) is 0 Å². The minimum atomic E-state index is -2.73. The highest BCUT2D eigenvalue weighted by atomic mass is 28.5. The summed E-state index contributed by atoms with van der Waals surface area (Å²) in [6, 6.07) is 3.53. The molecule has 0 saturated carbocycles. The minimum absolute atomic E-state index is 0.150. The molecule has 1 rings (SSSR count). The molecule has 1 aliphatic rings. The zero-order chi connectivity index (χ0) is 41.8. The highest BCUT2D eigenvalue weighted by Gasteiger charge is 2.56. The van der Waals surface area contributed by atoms with Gasteiger partial charge in [0.25, 0.3) is 0 Å². The fraction of sp³-hybridized carbons (Fsp3) is 0.900. The van der Waals surface area contributed by atoms with E-state index in [0.29, 0.717) is 25.7 Å². The van der Waals surface area contributed by atoms with Crippen LogP contribution in [0.5, 0.6) is 0 Å². The predicted octanol–water partition coefficient (Wildman–Crippen LogP) is 10.4. The van der Waals surface area contributed by atoms with Crippen LogP contribution in [-0.2, 0) is 54.6 Å². The van der Waals surface area contributed by atoms with Crippen molar-refractivity contribution >= 4 is 58.1 Å². The summed E-state index contributed by atoms with van der Waals surface area (Å²) in [5, 5.41) is 0. The van der Waals surface area contributed by atoms with Crippen molar-refractivity contribution < 1.29 is 54.6 Å². The van der Waals surface area contributed by atoms with Gasteiger partial charge in [0.1, 0.15) is 0 Å². The molecule has 1 saturated heterocycles. The van der Waals surface area contributed by atoms with Crippen LogP contribution in [0.25, 0.3) is 0 Å². The monoisotopic (exact) mass is 864 g/mol. The molecule has 0 amide bonds. The Morgan fingerprint density at radius 3 is 0.643 bits per heavy atom. The zero-order valence-electron chi connectivity index (χ0n) is 36.7. The molecule has 0 aromatic rings. The van der Waals surface area contributed by atoms with E-state index in [1.807, 2.05) is 0 Å². The quantitative estimate of drug-likeness (QED) is 0.0275. The molecule has 0 atom stereocenters. The minimum Gasteiger partial charge on any atom is -0.469 e. The summed E-state index contributed by atoms with van der Waals surface area (Å²) >= 11 is 0. The van der Waals surface area contributed by atoms with Crippen LogP contribution in [0.2, 0.25) is 50.4 Å². The molecule has 0 spiro atoms. The van der Waals surface area contributed by atoms with Gasteiger partial charge in [0, 0.05) is 25.7 Å². The van der Waals surface area contributed by atoms with Crippen molar-refractivity contribution in [3.05, 3.63) is 0 Å². The topological polar surface area (TPSA) is 142 Å². The van der Waals surface area contributed by atoms with Crippen molar-refractivity contribution in [2.45, 2.75) is 204 Å². The maximum Gasteiger partial charge on any atom is 0.317 e. The van der Waals surface area contributed by atoms with E-state index in [-0.39, 0.29) is 23.9 Å². The number of methoxy groups -OCH3 is 4. The van der Waals surface area contributed by atoms with Gasteiger partial charge in [-0.2, -0.15) is 0 Å². The lowest BCUT2D eigenvalue weighted by Crippen LogP contribution is -2.67. The van der Waals surface area contributed by atoms with Crippen molar-refractivity contribution in [3.8, 4) is 0 Å². The largest absolute Gasteiger partial charge is 0.469 e. The van der Waals surface area contributed by atoms with Gasteiger partial charge < -0.3 is 35.4 Å². The summed E-state index contributed by atoms with van der Waals surface area (Å²) in [6.45, 7) is 8.97. The zero-order valence-corrected chi connectivity index (χ0v) is 40.7. The first-order valence-electron chi connectivity index (χ1n) is 21.7. The van der Waals surface area contributed by atoms with Crippen molar-refractivity contribution in [2.75, 3.05) is 28.4 Å². The SMILES string of the molecule is COC(=O)CCCCCCC[Si]1(C)O[Si](C)(CCCCCCCC(=O)OC)O[Si](C)(CCCCCCCC(=O)OC)O[Si](C)(CCCCCCCC(=O)OC)O1. The van der Waals surface area contributed by atoms with E-state index >= 15 is 0 Å². The summed E-state index contributed by atoms with van der Waals surface area (Å²) in [7, 11) is -5.15. The van der Waals surface area contributed by atoms with E-state index in [1.165, 1.54) is 28.4 Å². The average Bonchev–Trinajstić information content (AvgIpc) is 3.14. The first-order valence-corrected chi connectivity index (χ1v) is 31.8. The Balaban J connectivity index is 3.11.